The maximum Gasteiger partial charge on any atom is 0.338 e. The summed E-state index contributed by atoms with van der Waals surface area (Å²) in [4.78, 5) is 28.8. The fourth-order valence-electron chi connectivity index (χ4n) is 3.15. The van der Waals surface area contributed by atoms with Gasteiger partial charge in [0.1, 0.15) is 6.10 Å². The monoisotopic (exact) mass is 394 g/mol. The third kappa shape index (κ3) is 4.45. The minimum atomic E-state index is -0.566. The quantitative estimate of drug-likeness (QED) is 0.756. The van der Waals surface area contributed by atoms with E-state index in [0.29, 0.717) is 11.3 Å². The average Bonchev–Trinajstić information content (AvgIpc) is 2.71. The van der Waals surface area contributed by atoms with Crippen molar-refractivity contribution in [3.63, 3.8) is 0 Å². The number of aromatic hydroxyl groups is 1. The lowest BCUT2D eigenvalue weighted by Gasteiger charge is -2.27. The summed E-state index contributed by atoms with van der Waals surface area (Å²) in [5.74, 6) is -1.29. The second kappa shape index (κ2) is 8.60. The van der Waals surface area contributed by atoms with Crippen molar-refractivity contribution in [1.29, 1.82) is 0 Å². The third-order valence-corrected chi connectivity index (χ3v) is 4.58. The van der Waals surface area contributed by atoms with Crippen LogP contribution in [0.25, 0.3) is 0 Å². The van der Waals surface area contributed by atoms with Gasteiger partial charge in [0, 0.05) is 23.9 Å². The molecule has 1 aromatic carbocycles. The lowest BCUT2D eigenvalue weighted by molar-refractivity contribution is 0.0301. The van der Waals surface area contributed by atoms with Crippen LogP contribution in [0, 0.1) is 5.92 Å². The number of hydrogen-bond donors (Lipinski definition) is 2. The van der Waals surface area contributed by atoms with E-state index in [4.69, 9.17) is 9.47 Å². The lowest BCUT2D eigenvalue weighted by Crippen LogP contribution is -2.31. The molecule has 3 rings (SSSR count). The zero-order chi connectivity index (χ0) is 21.0. The van der Waals surface area contributed by atoms with E-state index in [1.54, 1.807) is 36.4 Å². The Morgan fingerprint density at radius 3 is 2.55 bits per heavy atom. The molecular formula is C22H22N2O5. The van der Waals surface area contributed by atoms with Crippen LogP contribution < -0.4 is 10.1 Å². The Morgan fingerprint density at radius 1 is 1.17 bits per heavy atom. The number of rotatable bonds is 5. The highest BCUT2D eigenvalue weighted by Gasteiger charge is 2.27. The van der Waals surface area contributed by atoms with Crippen molar-refractivity contribution >= 4 is 11.9 Å². The molecule has 2 N–H and O–H groups in total. The molecule has 2 unspecified atom stereocenters. The number of amides is 1. The van der Waals surface area contributed by atoms with Crippen molar-refractivity contribution in [1.82, 2.24) is 10.3 Å². The van der Waals surface area contributed by atoms with Crippen LogP contribution in [-0.4, -0.2) is 35.2 Å². The summed E-state index contributed by atoms with van der Waals surface area (Å²) in [6.45, 7) is 3.73. The van der Waals surface area contributed by atoms with Crippen molar-refractivity contribution in [3.05, 3.63) is 77.3 Å². The van der Waals surface area contributed by atoms with E-state index in [1.165, 1.54) is 19.4 Å². The molecule has 0 saturated carbocycles. The summed E-state index contributed by atoms with van der Waals surface area (Å²) in [5, 5.41) is 12.8. The lowest BCUT2D eigenvalue weighted by atomic mass is 9.91. The first kappa shape index (κ1) is 20.1. The predicted molar refractivity (Wildman–Crippen MR) is 107 cm³/mol. The van der Waals surface area contributed by atoms with Crippen LogP contribution in [0.3, 0.4) is 0 Å². The highest BCUT2D eigenvalue weighted by Crippen LogP contribution is 2.29. The Labute approximate surface area is 168 Å². The Balaban J connectivity index is 1.71. The molecule has 1 amide bonds. The van der Waals surface area contributed by atoms with Crippen molar-refractivity contribution < 1.29 is 24.2 Å². The van der Waals surface area contributed by atoms with Crippen LogP contribution in [0.2, 0.25) is 0 Å². The van der Waals surface area contributed by atoms with Crippen molar-refractivity contribution in [2.75, 3.05) is 7.11 Å². The predicted octanol–water partition coefficient (Wildman–Crippen LogP) is 3.23. The van der Waals surface area contributed by atoms with Crippen LogP contribution >= 0.6 is 0 Å². The fourth-order valence-corrected chi connectivity index (χ4v) is 3.15. The molecule has 0 saturated heterocycles. The molecule has 0 spiro atoms. The normalized spacial score (nSPS) is 18.3. The number of nitrogens with one attached hydrogen (secondary N) is 1. The molecule has 150 valence electrons. The summed E-state index contributed by atoms with van der Waals surface area (Å²) in [7, 11) is 1.39. The number of methoxy groups -OCH3 is 1. The van der Waals surface area contributed by atoms with Gasteiger partial charge >= 0.3 is 5.97 Å². The van der Waals surface area contributed by atoms with Crippen LogP contribution in [0.1, 0.15) is 34.7 Å². The van der Waals surface area contributed by atoms with E-state index in [1.807, 2.05) is 19.9 Å². The Kier molecular flexibility index (Phi) is 5.97. The van der Waals surface area contributed by atoms with Crippen molar-refractivity contribution in [3.8, 4) is 11.5 Å². The van der Waals surface area contributed by atoms with Crippen LogP contribution in [0.15, 0.2) is 66.0 Å². The summed E-state index contributed by atoms with van der Waals surface area (Å²) in [6.07, 6.45) is 4.47. The molecule has 7 nitrogen and oxygen atoms in total. The van der Waals surface area contributed by atoms with Gasteiger partial charge in [-0.15, -0.1) is 0 Å². The minimum Gasteiger partial charge on any atom is -0.503 e. The zero-order valence-corrected chi connectivity index (χ0v) is 16.4. The van der Waals surface area contributed by atoms with Gasteiger partial charge in [0.15, 0.2) is 17.2 Å². The number of nitrogens with zero attached hydrogens (tertiary/aromatic N) is 1. The molecule has 1 aliphatic rings. The molecule has 0 bridgehead atoms. The van der Waals surface area contributed by atoms with E-state index in [9.17, 15) is 14.7 Å². The van der Waals surface area contributed by atoms with Crippen LogP contribution in [0.5, 0.6) is 11.5 Å². The third-order valence-electron chi connectivity index (χ3n) is 4.58. The van der Waals surface area contributed by atoms with Crippen LogP contribution in [0.4, 0.5) is 0 Å². The van der Waals surface area contributed by atoms with Gasteiger partial charge in [-0.3, -0.25) is 4.79 Å². The maximum atomic E-state index is 12.5. The van der Waals surface area contributed by atoms with Crippen LogP contribution in [-0.2, 0) is 4.74 Å². The van der Waals surface area contributed by atoms with E-state index >= 15 is 0 Å². The molecule has 0 aliphatic heterocycles. The average molecular weight is 394 g/mol. The van der Waals surface area contributed by atoms with E-state index in [-0.39, 0.29) is 23.1 Å². The van der Waals surface area contributed by atoms with E-state index < -0.39 is 18.0 Å². The maximum absolute atomic E-state index is 12.5. The summed E-state index contributed by atoms with van der Waals surface area (Å²) in [6, 6.07) is 10.2. The molecular weight excluding hydrogens is 372 g/mol. The Bertz CT molecular complexity index is 982. The van der Waals surface area contributed by atoms with Crippen molar-refractivity contribution in [2.24, 2.45) is 5.92 Å². The number of ether oxygens (including phenoxy) is 2. The zero-order valence-electron chi connectivity index (χ0n) is 16.4. The van der Waals surface area contributed by atoms with Gasteiger partial charge < -0.3 is 19.9 Å². The summed E-state index contributed by atoms with van der Waals surface area (Å²) < 4.78 is 10.7. The Hall–Kier alpha value is -3.61. The number of carbonyl (C=O) groups is 2. The standard InChI is InChI=1S/C22H22N2O5/c1-13-11-16(24-21(26)18-19(25)17(28-3)9-10-23-18)12-14(2)20(13)29-22(27)15-7-5-4-6-8-15/h4-13,20,25H,1-3H3,(H,24,26). The van der Waals surface area contributed by atoms with Gasteiger partial charge in [0.25, 0.3) is 5.91 Å². The second-order valence-corrected chi connectivity index (χ2v) is 6.73. The van der Waals surface area contributed by atoms with Gasteiger partial charge in [0.05, 0.1) is 12.7 Å². The van der Waals surface area contributed by atoms with Gasteiger partial charge in [0.2, 0.25) is 0 Å². The fraction of sp³-hybridized carbons (Fsp3) is 0.227. The number of allylic oxidation sites excluding steroid dienone is 1. The molecule has 1 aromatic heterocycles. The second-order valence-electron chi connectivity index (χ2n) is 6.73. The minimum absolute atomic E-state index is 0.137. The van der Waals surface area contributed by atoms with Gasteiger partial charge in [-0.1, -0.05) is 31.2 Å². The molecule has 29 heavy (non-hydrogen) atoms. The summed E-state index contributed by atoms with van der Waals surface area (Å²) >= 11 is 0. The molecule has 0 fully saturated rings. The first-order valence-corrected chi connectivity index (χ1v) is 9.10. The smallest absolute Gasteiger partial charge is 0.338 e. The molecule has 1 aliphatic carbocycles. The highest BCUT2D eigenvalue weighted by molar-refractivity contribution is 5.97. The Morgan fingerprint density at radius 2 is 1.90 bits per heavy atom. The number of benzene rings is 1. The topological polar surface area (TPSA) is 97.8 Å². The number of hydrogen-bond acceptors (Lipinski definition) is 6. The van der Waals surface area contributed by atoms with E-state index in [2.05, 4.69) is 10.3 Å². The van der Waals surface area contributed by atoms with Gasteiger partial charge in [-0.05, 0) is 30.7 Å². The number of carbonyl (C=O) groups excluding carboxylic acids is 2. The molecule has 2 aromatic rings. The number of esters is 1. The molecule has 2 atom stereocenters. The van der Waals surface area contributed by atoms with Crippen molar-refractivity contribution in [2.45, 2.75) is 20.0 Å². The van der Waals surface area contributed by atoms with Gasteiger partial charge in [-0.25, -0.2) is 9.78 Å². The number of pyridine rings is 1. The summed E-state index contributed by atoms with van der Waals surface area (Å²) in [5.41, 5.74) is 1.68. The van der Waals surface area contributed by atoms with E-state index in [0.717, 1.165) is 5.57 Å². The number of aromatic nitrogens is 1. The largest absolute Gasteiger partial charge is 0.503 e. The molecule has 7 heteroatoms. The highest BCUT2D eigenvalue weighted by atomic mass is 16.5. The first-order valence-electron chi connectivity index (χ1n) is 9.10. The van der Waals surface area contributed by atoms with Gasteiger partial charge in [-0.2, -0.15) is 0 Å². The first-order chi connectivity index (χ1) is 13.9. The SMILES string of the molecule is COc1ccnc(C(=O)NC2=CC(C)C(OC(=O)c3ccccc3)C(C)=C2)c1O. The molecule has 0 radical (unpaired) electrons. The molecule has 1 heterocycles.